The molecule has 1 saturated heterocycles. The third-order valence-electron chi connectivity index (χ3n) is 4.65. The van der Waals surface area contributed by atoms with Crippen LogP contribution in [0.2, 0.25) is 0 Å². The molecule has 0 bridgehead atoms. The minimum atomic E-state index is -0.278. The van der Waals surface area contributed by atoms with Crippen molar-refractivity contribution in [1.29, 1.82) is 0 Å². The van der Waals surface area contributed by atoms with E-state index in [1.807, 2.05) is 0 Å². The number of carbonyl (C=O) groups excluding carboxylic acids is 1. The van der Waals surface area contributed by atoms with Gasteiger partial charge in [-0.15, -0.1) is 0 Å². The van der Waals surface area contributed by atoms with Crippen LogP contribution in [0, 0.1) is 0 Å². The van der Waals surface area contributed by atoms with Gasteiger partial charge in [-0.1, -0.05) is 12.8 Å². The molecule has 0 aromatic heterocycles. The molecule has 0 aromatic carbocycles. The highest BCUT2D eigenvalue weighted by Gasteiger charge is 2.22. The van der Waals surface area contributed by atoms with Crippen molar-refractivity contribution in [2.45, 2.75) is 50.6 Å². The fourth-order valence-electron chi connectivity index (χ4n) is 3.28. The zero-order chi connectivity index (χ0) is 13.7. The Morgan fingerprint density at radius 1 is 1.26 bits per heavy atom. The molecule has 3 N–H and O–H groups in total. The number of rotatable bonds is 5. The average Bonchev–Trinajstić information content (AvgIpc) is 2.93. The molecule has 2 rings (SSSR count). The molecule has 0 unspecified atom stereocenters. The summed E-state index contributed by atoms with van der Waals surface area (Å²) in [4.78, 5) is 15.3. The molecule has 2 aliphatic rings. The lowest BCUT2D eigenvalue weighted by atomic mass is 10.1. The van der Waals surface area contributed by atoms with Gasteiger partial charge >= 0.3 is 6.03 Å². The third kappa shape index (κ3) is 4.35. The number of nitrogens with one attached hydrogen (secondary N) is 1. The van der Waals surface area contributed by atoms with Gasteiger partial charge in [0.05, 0.1) is 0 Å². The van der Waals surface area contributed by atoms with E-state index >= 15 is 0 Å². The molecule has 19 heavy (non-hydrogen) atoms. The lowest BCUT2D eigenvalue weighted by Crippen LogP contribution is -2.48. The fourth-order valence-corrected chi connectivity index (χ4v) is 3.28. The first-order valence-corrected chi connectivity index (χ1v) is 7.65. The van der Waals surface area contributed by atoms with Crippen molar-refractivity contribution in [3.8, 4) is 0 Å². The monoisotopic (exact) mass is 268 g/mol. The fraction of sp³-hybridized carbons (Fsp3) is 0.929. The van der Waals surface area contributed by atoms with Crippen LogP contribution in [0.4, 0.5) is 4.79 Å². The molecule has 0 atom stereocenters. The minimum absolute atomic E-state index is 0.278. The summed E-state index contributed by atoms with van der Waals surface area (Å²) >= 11 is 0. The molecule has 2 fully saturated rings. The Bertz CT molecular complexity index is 283. The molecule has 1 heterocycles. The van der Waals surface area contributed by atoms with Gasteiger partial charge < -0.3 is 20.9 Å². The van der Waals surface area contributed by atoms with E-state index in [9.17, 15) is 4.79 Å². The van der Waals surface area contributed by atoms with Crippen molar-refractivity contribution in [2.75, 3.05) is 33.2 Å². The second-order valence-electron chi connectivity index (χ2n) is 5.97. The van der Waals surface area contributed by atoms with Crippen molar-refractivity contribution in [1.82, 2.24) is 15.1 Å². The molecular weight excluding hydrogens is 240 g/mol. The predicted molar refractivity (Wildman–Crippen MR) is 77.1 cm³/mol. The van der Waals surface area contributed by atoms with Gasteiger partial charge in [-0.25, -0.2) is 4.79 Å². The van der Waals surface area contributed by atoms with Gasteiger partial charge in [-0.05, 0) is 32.7 Å². The summed E-state index contributed by atoms with van der Waals surface area (Å²) in [5, 5.41) is 3.61. The molecule has 1 aliphatic carbocycles. The van der Waals surface area contributed by atoms with Gasteiger partial charge in [0.1, 0.15) is 0 Å². The summed E-state index contributed by atoms with van der Waals surface area (Å²) in [6.07, 6.45) is 7.58. The van der Waals surface area contributed by atoms with Crippen LogP contribution in [0.1, 0.15) is 38.5 Å². The molecule has 0 aromatic rings. The van der Waals surface area contributed by atoms with Crippen LogP contribution >= 0.6 is 0 Å². The first kappa shape index (κ1) is 14.6. The number of primary amides is 1. The molecule has 2 amide bonds. The van der Waals surface area contributed by atoms with E-state index < -0.39 is 0 Å². The van der Waals surface area contributed by atoms with Crippen LogP contribution in [-0.4, -0.2) is 61.1 Å². The van der Waals surface area contributed by atoms with Crippen molar-refractivity contribution in [3.05, 3.63) is 0 Å². The lowest BCUT2D eigenvalue weighted by Gasteiger charge is -2.32. The molecule has 110 valence electrons. The second-order valence-corrected chi connectivity index (χ2v) is 5.97. The number of likely N-dealkylation sites (N-methyl/N-ethyl adjacent to an activating group) is 1. The number of urea groups is 1. The Labute approximate surface area is 116 Å². The third-order valence-corrected chi connectivity index (χ3v) is 4.65. The van der Waals surface area contributed by atoms with E-state index in [2.05, 4.69) is 17.3 Å². The van der Waals surface area contributed by atoms with E-state index in [1.54, 1.807) is 4.90 Å². The summed E-state index contributed by atoms with van der Waals surface area (Å²) in [7, 11) is 2.24. The highest BCUT2D eigenvalue weighted by molar-refractivity contribution is 5.72. The van der Waals surface area contributed by atoms with E-state index in [-0.39, 0.29) is 6.03 Å². The summed E-state index contributed by atoms with van der Waals surface area (Å²) < 4.78 is 0. The van der Waals surface area contributed by atoms with Crippen molar-refractivity contribution in [2.24, 2.45) is 5.73 Å². The number of nitrogens with two attached hydrogens (primary N) is 1. The van der Waals surface area contributed by atoms with E-state index in [4.69, 9.17) is 5.73 Å². The standard InChI is InChI=1S/C14H28N4O/c1-17(13-4-2-3-5-13)11-8-16-12-6-9-18(10-7-12)14(15)19/h12-13,16H,2-11H2,1H3,(H2,15,19). The second kappa shape index (κ2) is 7.10. The number of amides is 2. The predicted octanol–water partition coefficient (Wildman–Crippen LogP) is 0.994. The molecule has 5 heteroatoms. The Balaban J connectivity index is 1.57. The molecule has 1 saturated carbocycles. The maximum Gasteiger partial charge on any atom is 0.314 e. The molecule has 0 radical (unpaired) electrons. The summed E-state index contributed by atoms with van der Waals surface area (Å²) in [6.45, 7) is 3.77. The first-order chi connectivity index (χ1) is 9.16. The topological polar surface area (TPSA) is 61.6 Å². The zero-order valence-electron chi connectivity index (χ0n) is 12.1. The summed E-state index contributed by atoms with van der Waals surface area (Å²) in [5.41, 5.74) is 5.28. The van der Waals surface area contributed by atoms with Crippen LogP contribution in [0.15, 0.2) is 0 Å². The van der Waals surface area contributed by atoms with E-state index in [0.29, 0.717) is 6.04 Å². The Morgan fingerprint density at radius 3 is 2.47 bits per heavy atom. The quantitative estimate of drug-likeness (QED) is 0.782. The average molecular weight is 268 g/mol. The maximum atomic E-state index is 11.0. The SMILES string of the molecule is CN(CCNC1CCN(C(N)=O)CC1)C1CCCC1. The van der Waals surface area contributed by atoms with Gasteiger partial charge in [-0.2, -0.15) is 0 Å². The highest BCUT2D eigenvalue weighted by atomic mass is 16.2. The number of carbonyl (C=O) groups is 1. The van der Waals surface area contributed by atoms with Crippen LogP contribution < -0.4 is 11.1 Å². The number of nitrogens with zero attached hydrogens (tertiary/aromatic N) is 2. The summed E-state index contributed by atoms with van der Waals surface area (Å²) in [6, 6.07) is 1.07. The number of hydrogen-bond donors (Lipinski definition) is 2. The minimum Gasteiger partial charge on any atom is -0.351 e. The molecule has 1 aliphatic heterocycles. The van der Waals surface area contributed by atoms with E-state index in [1.165, 1.54) is 25.7 Å². The van der Waals surface area contributed by atoms with Crippen LogP contribution in [0.3, 0.4) is 0 Å². The lowest BCUT2D eigenvalue weighted by molar-refractivity contribution is 0.182. The summed E-state index contributed by atoms with van der Waals surface area (Å²) in [5.74, 6) is 0. The smallest absolute Gasteiger partial charge is 0.314 e. The van der Waals surface area contributed by atoms with Crippen LogP contribution in [-0.2, 0) is 0 Å². The Kier molecular flexibility index (Phi) is 5.45. The van der Waals surface area contributed by atoms with Crippen LogP contribution in [0.5, 0.6) is 0 Å². The Morgan fingerprint density at radius 2 is 1.89 bits per heavy atom. The van der Waals surface area contributed by atoms with Gasteiger partial charge in [0.2, 0.25) is 0 Å². The van der Waals surface area contributed by atoms with Crippen LogP contribution in [0.25, 0.3) is 0 Å². The van der Waals surface area contributed by atoms with Gasteiger partial charge in [-0.3, -0.25) is 0 Å². The number of hydrogen-bond acceptors (Lipinski definition) is 3. The van der Waals surface area contributed by atoms with Gasteiger partial charge in [0.25, 0.3) is 0 Å². The van der Waals surface area contributed by atoms with Crippen molar-refractivity contribution in [3.63, 3.8) is 0 Å². The normalized spacial score (nSPS) is 22.3. The number of likely N-dealkylation sites (tertiary alicyclic amines) is 1. The molecule has 0 spiro atoms. The molecular formula is C14H28N4O. The van der Waals surface area contributed by atoms with Crippen molar-refractivity contribution < 1.29 is 4.79 Å². The highest BCUT2D eigenvalue weighted by Crippen LogP contribution is 2.21. The van der Waals surface area contributed by atoms with E-state index in [0.717, 1.165) is 45.1 Å². The first-order valence-electron chi connectivity index (χ1n) is 7.65. The Hall–Kier alpha value is -0.810. The largest absolute Gasteiger partial charge is 0.351 e. The zero-order valence-corrected chi connectivity index (χ0v) is 12.1. The van der Waals surface area contributed by atoms with Crippen molar-refractivity contribution >= 4 is 6.03 Å². The number of piperidine rings is 1. The van der Waals surface area contributed by atoms with Gasteiger partial charge in [0.15, 0.2) is 0 Å². The maximum absolute atomic E-state index is 11.0. The molecule has 5 nitrogen and oxygen atoms in total. The van der Waals surface area contributed by atoms with Gasteiger partial charge in [0, 0.05) is 38.3 Å².